The van der Waals surface area contributed by atoms with Crippen LogP contribution in [-0.4, -0.2) is 18.2 Å². The van der Waals surface area contributed by atoms with Gasteiger partial charge in [-0.1, -0.05) is 78.9 Å². The van der Waals surface area contributed by atoms with Crippen LogP contribution in [0.2, 0.25) is 0 Å². The molecule has 0 fully saturated rings. The van der Waals surface area contributed by atoms with Gasteiger partial charge in [-0.15, -0.1) is 0 Å². The zero-order chi connectivity index (χ0) is 22.3. The summed E-state index contributed by atoms with van der Waals surface area (Å²) in [7, 11) is -3.92. The molecule has 1 heterocycles. The summed E-state index contributed by atoms with van der Waals surface area (Å²) in [5, 5.41) is 2.76. The van der Waals surface area contributed by atoms with Gasteiger partial charge in [0.1, 0.15) is 0 Å². The van der Waals surface area contributed by atoms with E-state index in [-0.39, 0.29) is 10.7 Å². The van der Waals surface area contributed by atoms with E-state index in [1.807, 2.05) is 54.6 Å². The average molecular weight is 440 g/mol. The van der Waals surface area contributed by atoms with Gasteiger partial charge in [0.25, 0.3) is 10.0 Å². The van der Waals surface area contributed by atoms with Crippen molar-refractivity contribution in [3.05, 3.63) is 114 Å². The van der Waals surface area contributed by atoms with E-state index in [1.54, 1.807) is 42.5 Å². The Labute approximate surface area is 186 Å². The van der Waals surface area contributed by atoms with Crippen LogP contribution in [0.4, 0.5) is 0 Å². The smallest absolute Gasteiger partial charge is 0.268 e. The predicted molar refractivity (Wildman–Crippen MR) is 128 cm³/mol. The molecule has 4 aromatic carbocycles. The zero-order valence-corrected chi connectivity index (χ0v) is 18.3. The normalized spacial score (nSPS) is 11.8. The standard InChI is InChI=1S/C27H21NO3S/c1-19(29)27-24-16-7-8-17-25(24)28(32(30,31)22-13-3-2-4-14-22)26(27)18-21-12-9-11-20-10-5-6-15-23(20)21/h2-17H,18H2,1H3. The Balaban J connectivity index is 1.85. The molecule has 4 nitrogen and oxygen atoms in total. The van der Waals surface area contributed by atoms with Crippen molar-refractivity contribution in [2.24, 2.45) is 0 Å². The molecule has 0 atom stereocenters. The number of carbonyl (C=O) groups is 1. The van der Waals surface area contributed by atoms with Crippen LogP contribution >= 0.6 is 0 Å². The Morgan fingerprint density at radius 1 is 0.750 bits per heavy atom. The summed E-state index contributed by atoms with van der Waals surface area (Å²) >= 11 is 0. The van der Waals surface area contributed by atoms with Crippen LogP contribution in [0.5, 0.6) is 0 Å². The van der Waals surface area contributed by atoms with Gasteiger partial charge < -0.3 is 0 Å². The van der Waals surface area contributed by atoms with Crippen LogP contribution in [0.25, 0.3) is 21.7 Å². The lowest BCUT2D eigenvalue weighted by Crippen LogP contribution is -2.17. The van der Waals surface area contributed by atoms with Crippen molar-refractivity contribution < 1.29 is 13.2 Å². The number of fused-ring (bicyclic) bond motifs is 2. The van der Waals surface area contributed by atoms with E-state index in [0.717, 1.165) is 16.3 Å². The quantitative estimate of drug-likeness (QED) is 0.324. The van der Waals surface area contributed by atoms with Gasteiger partial charge >= 0.3 is 0 Å². The third-order valence-electron chi connectivity index (χ3n) is 5.80. The third-order valence-corrected chi connectivity index (χ3v) is 7.56. The van der Waals surface area contributed by atoms with Gasteiger partial charge in [-0.3, -0.25) is 4.79 Å². The molecule has 5 aromatic rings. The van der Waals surface area contributed by atoms with E-state index in [0.29, 0.717) is 28.6 Å². The maximum Gasteiger partial charge on any atom is 0.268 e. The zero-order valence-electron chi connectivity index (χ0n) is 17.5. The molecule has 0 aliphatic heterocycles. The van der Waals surface area contributed by atoms with Crippen LogP contribution < -0.4 is 0 Å². The second kappa shape index (κ2) is 7.77. The number of nitrogens with zero attached hydrogens (tertiary/aromatic N) is 1. The number of rotatable bonds is 5. The maximum absolute atomic E-state index is 13.8. The summed E-state index contributed by atoms with van der Waals surface area (Å²) in [6.45, 7) is 1.49. The van der Waals surface area contributed by atoms with Gasteiger partial charge in [0.15, 0.2) is 5.78 Å². The van der Waals surface area contributed by atoms with Crippen molar-refractivity contribution >= 4 is 37.5 Å². The highest BCUT2D eigenvalue weighted by Gasteiger charge is 2.28. The molecule has 0 amide bonds. The summed E-state index contributed by atoms with van der Waals surface area (Å²) in [4.78, 5) is 13.0. The van der Waals surface area contributed by atoms with Crippen molar-refractivity contribution in [2.75, 3.05) is 0 Å². The average Bonchev–Trinajstić information content (AvgIpc) is 3.14. The Morgan fingerprint density at radius 2 is 1.38 bits per heavy atom. The van der Waals surface area contributed by atoms with E-state index in [2.05, 4.69) is 0 Å². The van der Waals surface area contributed by atoms with E-state index in [1.165, 1.54) is 10.9 Å². The highest BCUT2D eigenvalue weighted by Crippen LogP contribution is 2.33. The molecular weight excluding hydrogens is 418 g/mol. The lowest BCUT2D eigenvalue weighted by Gasteiger charge is -2.14. The van der Waals surface area contributed by atoms with Gasteiger partial charge in [-0.25, -0.2) is 12.4 Å². The second-order valence-corrected chi connectivity index (χ2v) is 9.58. The van der Waals surface area contributed by atoms with Crippen molar-refractivity contribution in [1.29, 1.82) is 0 Å². The first-order valence-corrected chi connectivity index (χ1v) is 11.8. The second-order valence-electron chi connectivity index (χ2n) is 7.79. The Morgan fingerprint density at radius 3 is 2.12 bits per heavy atom. The Bertz CT molecular complexity index is 1580. The molecule has 158 valence electrons. The predicted octanol–water partition coefficient (Wildman–Crippen LogP) is 5.82. The van der Waals surface area contributed by atoms with Crippen LogP contribution in [-0.2, 0) is 16.4 Å². The number of hydrogen-bond acceptors (Lipinski definition) is 3. The first-order chi connectivity index (χ1) is 15.5. The van der Waals surface area contributed by atoms with Gasteiger partial charge in [0.05, 0.1) is 16.1 Å². The molecule has 0 saturated carbocycles. The number of ketones is 1. The highest BCUT2D eigenvalue weighted by molar-refractivity contribution is 7.90. The fourth-order valence-electron chi connectivity index (χ4n) is 4.42. The minimum Gasteiger partial charge on any atom is -0.294 e. The van der Waals surface area contributed by atoms with Crippen molar-refractivity contribution in [3.8, 4) is 0 Å². The molecule has 0 bridgehead atoms. The topological polar surface area (TPSA) is 56.1 Å². The monoisotopic (exact) mass is 439 g/mol. The van der Waals surface area contributed by atoms with Crippen LogP contribution in [0.15, 0.2) is 102 Å². The number of Topliss-reactive ketones (excluding diaryl/α,β-unsaturated/α-hetero) is 1. The molecule has 5 heteroatoms. The van der Waals surface area contributed by atoms with Crippen LogP contribution in [0.1, 0.15) is 28.5 Å². The molecule has 0 unspecified atom stereocenters. The first kappa shape index (κ1) is 20.2. The van der Waals surface area contributed by atoms with Gasteiger partial charge in [-0.05, 0) is 41.5 Å². The lowest BCUT2D eigenvalue weighted by atomic mass is 9.98. The molecule has 0 saturated heterocycles. The summed E-state index contributed by atoms with van der Waals surface area (Å²) < 4.78 is 29.0. The summed E-state index contributed by atoms with van der Waals surface area (Å²) in [6.07, 6.45) is 0.316. The summed E-state index contributed by atoms with van der Waals surface area (Å²) in [5.74, 6) is -0.154. The third kappa shape index (κ3) is 3.22. The van der Waals surface area contributed by atoms with E-state index in [9.17, 15) is 13.2 Å². The van der Waals surface area contributed by atoms with E-state index < -0.39 is 10.0 Å². The molecule has 1 aromatic heterocycles. The molecule has 5 rings (SSSR count). The number of aromatic nitrogens is 1. The van der Waals surface area contributed by atoms with Crippen molar-refractivity contribution in [1.82, 2.24) is 3.97 Å². The number of carbonyl (C=O) groups excluding carboxylic acids is 1. The van der Waals surface area contributed by atoms with Gasteiger partial charge in [0, 0.05) is 17.4 Å². The minimum atomic E-state index is -3.92. The summed E-state index contributed by atoms with van der Waals surface area (Å²) in [5.41, 5.74) is 2.42. The fraction of sp³-hybridized carbons (Fsp3) is 0.0741. The molecule has 0 aliphatic carbocycles. The minimum absolute atomic E-state index is 0.154. The highest BCUT2D eigenvalue weighted by atomic mass is 32.2. The molecule has 0 spiro atoms. The molecule has 32 heavy (non-hydrogen) atoms. The van der Waals surface area contributed by atoms with Crippen LogP contribution in [0, 0.1) is 0 Å². The maximum atomic E-state index is 13.8. The van der Waals surface area contributed by atoms with Gasteiger partial charge in [-0.2, -0.15) is 0 Å². The molecular formula is C27H21NO3S. The van der Waals surface area contributed by atoms with Crippen LogP contribution in [0.3, 0.4) is 0 Å². The SMILES string of the molecule is CC(=O)c1c(Cc2cccc3ccccc23)n(S(=O)(=O)c2ccccc2)c2ccccc12. The Hall–Kier alpha value is -3.70. The molecule has 0 aliphatic rings. The molecule has 0 N–H and O–H groups in total. The van der Waals surface area contributed by atoms with E-state index >= 15 is 0 Å². The summed E-state index contributed by atoms with van der Waals surface area (Å²) in [6, 6.07) is 29.5. The van der Waals surface area contributed by atoms with E-state index in [4.69, 9.17) is 0 Å². The molecule has 0 radical (unpaired) electrons. The lowest BCUT2D eigenvalue weighted by molar-refractivity contribution is 0.101. The number of hydrogen-bond donors (Lipinski definition) is 0. The van der Waals surface area contributed by atoms with Gasteiger partial charge in [0.2, 0.25) is 0 Å². The first-order valence-electron chi connectivity index (χ1n) is 10.4. The number of para-hydroxylation sites is 1. The van der Waals surface area contributed by atoms with Crippen molar-refractivity contribution in [3.63, 3.8) is 0 Å². The largest absolute Gasteiger partial charge is 0.294 e. The van der Waals surface area contributed by atoms with Crippen molar-refractivity contribution in [2.45, 2.75) is 18.2 Å². The number of benzene rings is 4. The Kier molecular flexibility index (Phi) is 4.91. The fourth-order valence-corrected chi connectivity index (χ4v) is 5.99.